The van der Waals surface area contributed by atoms with Gasteiger partial charge < -0.3 is 14.8 Å². The summed E-state index contributed by atoms with van der Waals surface area (Å²) in [5, 5.41) is 3.09. The molecule has 1 heterocycles. The first-order chi connectivity index (χ1) is 15.8. The molecule has 0 saturated heterocycles. The van der Waals surface area contributed by atoms with Gasteiger partial charge in [-0.1, -0.05) is 29.8 Å². The monoisotopic (exact) mass is 446 g/mol. The summed E-state index contributed by atoms with van der Waals surface area (Å²) in [7, 11) is 3.04. The van der Waals surface area contributed by atoms with Crippen LogP contribution in [0.1, 0.15) is 16.7 Å². The molecule has 168 valence electrons. The van der Waals surface area contributed by atoms with E-state index in [0.717, 1.165) is 22.1 Å². The SMILES string of the molecule is COc1ccc(NC2=C(c3ccc(C)cc3C)C(=O)N(c3cccc(F)c3)C2=O)cc1OC. The second-order valence-corrected chi connectivity index (χ2v) is 7.69. The summed E-state index contributed by atoms with van der Waals surface area (Å²) in [4.78, 5) is 28.0. The largest absolute Gasteiger partial charge is 0.493 e. The number of benzene rings is 3. The van der Waals surface area contributed by atoms with E-state index in [9.17, 15) is 14.0 Å². The zero-order valence-electron chi connectivity index (χ0n) is 18.7. The molecule has 1 aliphatic rings. The molecule has 3 aromatic rings. The van der Waals surface area contributed by atoms with E-state index >= 15 is 0 Å². The number of rotatable bonds is 6. The zero-order valence-corrected chi connectivity index (χ0v) is 18.7. The smallest absolute Gasteiger partial charge is 0.282 e. The van der Waals surface area contributed by atoms with E-state index in [1.165, 1.54) is 32.4 Å². The molecule has 0 aromatic heterocycles. The van der Waals surface area contributed by atoms with E-state index in [1.54, 1.807) is 18.2 Å². The predicted octanol–water partition coefficient (Wildman–Crippen LogP) is 4.86. The van der Waals surface area contributed by atoms with Gasteiger partial charge in [-0.2, -0.15) is 0 Å². The Bertz CT molecular complexity index is 1300. The molecule has 2 amide bonds. The Hall–Kier alpha value is -4.13. The van der Waals surface area contributed by atoms with Crippen LogP contribution < -0.4 is 19.7 Å². The lowest BCUT2D eigenvalue weighted by molar-refractivity contribution is -0.120. The fourth-order valence-corrected chi connectivity index (χ4v) is 3.90. The van der Waals surface area contributed by atoms with Gasteiger partial charge in [0.25, 0.3) is 11.8 Å². The number of imide groups is 1. The van der Waals surface area contributed by atoms with Crippen LogP contribution in [-0.2, 0) is 9.59 Å². The fraction of sp³-hybridized carbons (Fsp3) is 0.154. The maximum absolute atomic E-state index is 13.9. The highest BCUT2D eigenvalue weighted by molar-refractivity contribution is 6.46. The van der Waals surface area contributed by atoms with Crippen LogP contribution in [0.5, 0.6) is 11.5 Å². The van der Waals surface area contributed by atoms with E-state index in [0.29, 0.717) is 22.7 Å². The maximum atomic E-state index is 13.9. The van der Waals surface area contributed by atoms with Gasteiger partial charge in [-0.25, -0.2) is 9.29 Å². The summed E-state index contributed by atoms with van der Waals surface area (Å²) in [6.45, 7) is 3.83. The first-order valence-corrected chi connectivity index (χ1v) is 10.3. The molecule has 0 bridgehead atoms. The van der Waals surface area contributed by atoms with Crippen molar-refractivity contribution in [2.75, 3.05) is 24.4 Å². The number of hydrogen-bond donors (Lipinski definition) is 1. The van der Waals surface area contributed by atoms with E-state index in [1.807, 2.05) is 32.0 Å². The van der Waals surface area contributed by atoms with Gasteiger partial charge in [0.2, 0.25) is 0 Å². The minimum Gasteiger partial charge on any atom is -0.493 e. The predicted molar refractivity (Wildman–Crippen MR) is 125 cm³/mol. The Morgan fingerprint density at radius 2 is 1.61 bits per heavy atom. The number of nitrogens with one attached hydrogen (secondary N) is 1. The standard InChI is InChI=1S/C26H23FN2O4/c1-15-8-10-20(16(2)12-15)23-24(28-18-9-11-21(32-3)22(14-18)33-4)26(31)29(25(23)30)19-7-5-6-17(27)13-19/h5-14,28H,1-4H3. The normalized spacial score (nSPS) is 13.5. The van der Waals surface area contributed by atoms with Gasteiger partial charge >= 0.3 is 0 Å². The van der Waals surface area contributed by atoms with E-state index in [-0.39, 0.29) is 17.0 Å². The van der Waals surface area contributed by atoms with Crippen LogP contribution in [0.4, 0.5) is 15.8 Å². The van der Waals surface area contributed by atoms with Gasteiger partial charge in [0.1, 0.15) is 11.5 Å². The summed E-state index contributed by atoms with van der Waals surface area (Å²) in [5.74, 6) is -0.643. The van der Waals surface area contributed by atoms with Crippen molar-refractivity contribution in [1.82, 2.24) is 0 Å². The van der Waals surface area contributed by atoms with E-state index in [2.05, 4.69) is 5.32 Å². The average molecular weight is 446 g/mol. The van der Waals surface area contributed by atoms with Crippen molar-refractivity contribution < 1.29 is 23.5 Å². The van der Waals surface area contributed by atoms with Gasteiger partial charge in [-0.05, 0) is 55.3 Å². The lowest BCUT2D eigenvalue weighted by Gasteiger charge is -2.16. The number of aryl methyl sites for hydroxylation is 2. The highest BCUT2D eigenvalue weighted by Crippen LogP contribution is 2.37. The molecular weight excluding hydrogens is 423 g/mol. The molecule has 4 rings (SSSR count). The van der Waals surface area contributed by atoms with Crippen LogP contribution >= 0.6 is 0 Å². The van der Waals surface area contributed by atoms with Crippen LogP contribution in [0.15, 0.2) is 66.4 Å². The van der Waals surface area contributed by atoms with Gasteiger partial charge in [-0.15, -0.1) is 0 Å². The molecule has 0 spiro atoms. The maximum Gasteiger partial charge on any atom is 0.282 e. The molecule has 3 aromatic carbocycles. The summed E-state index contributed by atoms with van der Waals surface area (Å²) >= 11 is 0. The number of nitrogens with zero attached hydrogens (tertiary/aromatic N) is 1. The van der Waals surface area contributed by atoms with Crippen LogP contribution in [0, 0.1) is 19.7 Å². The number of anilines is 2. The zero-order chi connectivity index (χ0) is 23.7. The molecule has 0 radical (unpaired) electrons. The minimum atomic E-state index is -0.574. The molecule has 33 heavy (non-hydrogen) atoms. The van der Waals surface area contributed by atoms with Crippen molar-refractivity contribution in [1.29, 1.82) is 0 Å². The van der Waals surface area contributed by atoms with E-state index in [4.69, 9.17) is 9.47 Å². The third-order valence-electron chi connectivity index (χ3n) is 5.45. The Labute approximate surface area is 191 Å². The van der Waals surface area contributed by atoms with Crippen molar-refractivity contribution in [3.63, 3.8) is 0 Å². The number of hydrogen-bond acceptors (Lipinski definition) is 5. The lowest BCUT2D eigenvalue weighted by Crippen LogP contribution is -2.32. The summed E-state index contributed by atoms with van der Waals surface area (Å²) in [6.07, 6.45) is 0. The number of amides is 2. The lowest BCUT2D eigenvalue weighted by atomic mass is 9.97. The molecule has 0 saturated carbocycles. The van der Waals surface area contributed by atoms with Crippen LogP contribution in [0.2, 0.25) is 0 Å². The van der Waals surface area contributed by atoms with Gasteiger partial charge in [0, 0.05) is 11.8 Å². The Balaban J connectivity index is 1.85. The average Bonchev–Trinajstić information content (AvgIpc) is 3.03. The minimum absolute atomic E-state index is 0.100. The first-order valence-electron chi connectivity index (χ1n) is 10.3. The fourth-order valence-electron chi connectivity index (χ4n) is 3.90. The van der Waals surface area contributed by atoms with Crippen molar-refractivity contribution >= 4 is 28.8 Å². The van der Waals surface area contributed by atoms with Gasteiger partial charge in [-0.3, -0.25) is 9.59 Å². The summed E-state index contributed by atoms with van der Waals surface area (Å²) in [5.41, 5.74) is 3.52. The Morgan fingerprint density at radius 3 is 2.27 bits per heavy atom. The molecule has 0 aliphatic carbocycles. The van der Waals surface area contributed by atoms with Crippen molar-refractivity contribution in [3.05, 3.63) is 88.9 Å². The number of ether oxygens (including phenoxy) is 2. The number of carbonyl (C=O) groups excluding carboxylic acids is 2. The third kappa shape index (κ3) is 4.05. The van der Waals surface area contributed by atoms with Crippen LogP contribution in [-0.4, -0.2) is 26.0 Å². The number of halogens is 1. The third-order valence-corrected chi connectivity index (χ3v) is 5.45. The van der Waals surface area contributed by atoms with E-state index < -0.39 is 17.6 Å². The number of methoxy groups -OCH3 is 2. The second-order valence-electron chi connectivity index (χ2n) is 7.69. The van der Waals surface area contributed by atoms with Crippen molar-refractivity contribution in [2.24, 2.45) is 0 Å². The molecule has 0 unspecified atom stereocenters. The highest BCUT2D eigenvalue weighted by Gasteiger charge is 2.41. The summed E-state index contributed by atoms with van der Waals surface area (Å²) < 4.78 is 24.5. The van der Waals surface area contributed by atoms with Gasteiger partial charge in [0.15, 0.2) is 11.5 Å². The Morgan fingerprint density at radius 1 is 0.848 bits per heavy atom. The molecule has 1 N–H and O–H groups in total. The topological polar surface area (TPSA) is 67.9 Å². The highest BCUT2D eigenvalue weighted by atomic mass is 19.1. The van der Waals surface area contributed by atoms with Crippen LogP contribution in [0.25, 0.3) is 5.57 Å². The second kappa shape index (κ2) is 8.78. The molecule has 1 aliphatic heterocycles. The first kappa shape index (κ1) is 22.1. The van der Waals surface area contributed by atoms with Crippen molar-refractivity contribution in [2.45, 2.75) is 13.8 Å². The van der Waals surface area contributed by atoms with Gasteiger partial charge in [0.05, 0.1) is 25.5 Å². The number of carbonyl (C=O) groups is 2. The molecule has 0 atom stereocenters. The Kier molecular flexibility index (Phi) is 5.87. The molecule has 0 fully saturated rings. The van der Waals surface area contributed by atoms with Crippen molar-refractivity contribution in [3.8, 4) is 11.5 Å². The van der Waals surface area contributed by atoms with Crippen LogP contribution in [0.3, 0.4) is 0 Å². The molecule has 6 nitrogen and oxygen atoms in total. The summed E-state index contributed by atoms with van der Waals surface area (Å²) in [6, 6.07) is 16.1. The molecular formula is C26H23FN2O4. The quantitative estimate of drug-likeness (QED) is 0.548. The molecule has 7 heteroatoms.